The van der Waals surface area contributed by atoms with Crippen LogP contribution in [0.4, 0.5) is 4.79 Å². The predicted octanol–water partition coefficient (Wildman–Crippen LogP) is 6.77. The van der Waals surface area contributed by atoms with Crippen molar-refractivity contribution in [2.45, 2.75) is 180 Å². The standard InChI is InChI=1S/C49H96N14O/c50-45(58-37-41-21-22-41)54-29-13-5-1-3-9-17-33-62(34-18-10-4-2-6-14-30-55-46(51)59-38-42-23-24-42)49(64)63(35-19-11-7-15-31-56-47(52)60-39-43-25-26-43)36-20-12-8-16-32-57-48(53)61-40-44-27-28-44/h41-44H,1-40H2,(H3,50,54,58)(H3,51,55,59)(H3,52,56,60)(H3,53,57,61). The molecule has 0 aromatic heterocycles. The molecule has 368 valence electrons. The Balaban J connectivity index is 1.18. The Labute approximate surface area is 389 Å². The second-order valence-electron chi connectivity index (χ2n) is 19.7. The van der Waals surface area contributed by atoms with Gasteiger partial charge in [-0.3, -0.25) is 20.0 Å². The van der Waals surface area contributed by atoms with E-state index in [1.54, 1.807) is 0 Å². The van der Waals surface area contributed by atoms with Crippen molar-refractivity contribution in [1.29, 1.82) is 0 Å². The Morgan fingerprint density at radius 3 is 0.766 bits per heavy atom. The van der Waals surface area contributed by atoms with Gasteiger partial charge in [-0.2, -0.15) is 0 Å². The summed E-state index contributed by atoms with van der Waals surface area (Å²) in [6.07, 6.45) is 32.7. The predicted molar refractivity (Wildman–Crippen MR) is 270 cm³/mol. The van der Waals surface area contributed by atoms with Crippen molar-refractivity contribution in [3.8, 4) is 0 Å². The van der Waals surface area contributed by atoms with Gasteiger partial charge in [0, 0.05) is 78.5 Å². The van der Waals surface area contributed by atoms with Crippen LogP contribution in [0.1, 0.15) is 180 Å². The van der Waals surface area contributed by atoms with Crippen molar-refractivity contribution in [3.05, 3.63) is 0 Å². The molecule has 0 aliphatic heterocycles. The summed E-state index contributed by atoms with van der Waals surface area (Å²) < 4.78 is 0. The molecule has 64 heavy (non-hydrogen) atoms. The lowest BCUT2D eigenvalue weighted by Crippen LogP contribution is -2.45. The number of rotatable bonds is 40. The minimum Gasteiger partial charge on any atom is -0.370 e. The van der Waals surface area contributed by atoms with Crippen LogP contribution in [0.3, 0.4) is 0 Å². The summed E-state index contributed by atoms with van der Waals surface area (Å²) in [5.41, 5.74) is 24.2. The van der Waals surface area contributed by atoms with Crippen LogP contribution >= 0.6 is 0 Å². The summed E-state index contributed by atoms with van der Waals surface area (Å²) in [6, 6.07) is 0.238. The minimum atomic E-state index is 0.238. The van der Waals surface area contributed by atoms with Gasteiger partial charge in [0.1, 0.15) is 0 Å². The molecule has 0 atom stereocenters. The van der Waals surface area contributed by atoms with Crippen LogP contribution < -0.4 is 44.2 Å². The molecule has 0 aromatic rings. The van der Waals surface area contributed by atoms with E-state index >= 15 is 0 Å². The highest BCUT2D eigenvalue weighted by Gasteiger charge is 2.23. The van der Waals surface area contributed by atoms with E-state index in [0.29, 0.717) is 23.8 Å². The van der Waals surface area contributed by atoms with Gasteiger partial charge in [0.25, 0.3) is 0 Å². The van der Waals surface area contributed by atoms with Crippen molar-refractivity contribution >= 4 is 29.9 Å². The highest BCUT2D eigenvalue weighted by molar-refractivity contribution is 5.79. The third-order valence-corrected chi connectivity index (χ3v) is 13.1. The number of nitrogens with two attached hydrogens (primary N) is 4. The van der Waals surface area contributed by atoms with Crippen LogP contribution in [-0.4, -0.2) is 118 Å². The smallest absolute Gasteiger partial charge is 0.319 e. The van der Waals surface area contributed by atoms with Gasteiger partial charge >= 0.3 is 6.03 Å². The maximum absolute atomic E-state index is 14.4. The monoisotopic (exact) mass is 897 g/mol. The number of unbranched alkanes of at least 4 members (excludes halogenated alkanes) is 16. The topological polar surface area (TPSA) is 225 Å². The summed E-state index contributed by atoms with van der Waals surface area (Å²) in [6.45, 7) is 10.2. The number of amides is 2. The third kappa shape index (κ3) is 29.7. The Morgan fingerprint density at radius 1 is 0.344 bits per heavy atom. The maximum Gasteiger partial charge on any atom is 0.319 e. The fraction of sp³-hybridized carbons (Fsp3) is 0.898. The van der Waals surface area contributed by atoms with E-state index in [0.717, 1.165) is 192 Å². The van der Waals surface area contributed by atoms with Crippen molar-refractivity contribution in [2.75, 3.05) is 78.5 Å². The van der Waals surface area contributed by atoms with Crippen LogP contribution in [0.15, 0.2) is 20.0 Å². The van der Waals surface area contributed by atoms with Crippen molar-refractivity contribution < 1.29 is 4.79 Å². The zero-order valence-electron chi connectivity index (χ0n) is 40.5. The number of urea groups is 1. The number of carbonyl (C=O) groups excluding carboxylic acids is 1. The number of aliphatic imine (C=N–C) groups is 4. The van der Waals surface area contributed by atoms with E-state index in [2.05, 4.69) is 51.0 Å². The molecule has 15 nitrogen and oxygen atoms in total. The Kier molecular flexibility index (Phi) is 28.0. The summed E-state index contributed by atoms with van der Waals surface area (Å²) in [4.78, 5) is 36.7. The van der Waals surface area contributed by atoms with E-state index in [-0.39, 0.29) is 6.03 Å². The fourth-order valence-corrected chi connectivity index (χ4v) is 7.84. The third-order valence-electron chi connectivity index (χ3n) is 13.1. The molecule has 4 aliphatic carbocycles. The van der Waals surface area contributed by atoms with Crippen LogP contribution in [0.25, 0.3) is 0 Å². The number of hydrogen-bond acceptors (Lipinski definition) is 5. The molecule has 0 saturated heterocycles. The molecule has 2 amide bonds. The van der Waals surface area contributed by atoms with E-state index in [1.165, 1.54) is 89.9 Å². The van der Waals surface area contributed by atoms with Gasteiger partial charge in [0.2, 0.25) is 0 Å². The molecule has 0 spiro atoms. The number of nitrogens with one attached hydrogen (secondary N) is 4. The molecule has 0 bridgehead atoms. The second-order valence-corrected chi connectivity index (χ2v) is 19.7. The number of hydrogen-bond donors (Lipinski definition) is 8. The first kappa shape index (κ1) is 53.0. The van der Waals surface area contributed by atoms with Gasteiger partial charge in [-0.05, 0) is 126 Å². The zero-order valence-corrected chi connectivity index (χ0v) is 40.5. The summed E-state index contributed by atoms with van der Waals surface area (Å²) >= 11 is 0. The average molecular weight is 897 g/mol. The molecule has 4 saturated carbocycles. The van der Waals surface area contributed by atoms with Gasteiger partial charge in [-0.15, -0.1) is 0 Å². The minimum absolute atomic E-state index is 0.238. The molecule has 0 radical (unpaired) electrons. The first-order chi connectivity index (χ1) is 31.4. The second kappa shape index (κ2) is 33.8. The fourth-order valence-electron chi connectivity index (χ4n) is 7.84. The van der Waals surface area contributed by atoms with Gasteiger partial charge in [-0.25, -0.2) is 4.79 Å². The molecule has 4 aliphatic rings. The highest BCUT2D eigenvalue weighted by Crippen LogP contribution is 2.30. The SMILES string of the molecule is NC(=NCC1CC1)NCCCCCCCCN(CCCCCCCCNC(N)=NCC1CC1)C(=O)N(CCCCCCNC(N)=NCC1CC1)CCCCCCNC(N)=NCC1CC1. The molecule has 0 heterocycles. The van der Waals surface area contributed by atoms with Gasteiger partial charge in [0.05, 0.1) is 0 Å². The highest BCUT2D eigenvalue weighted by atomic mass is 16.2. The van der Waals surface area contributed by atoms with Gasteiger partial charge in [0.15, 0.2) is 23.8 Å². The summed E-state index contributed by atoms with van der Waals surface area (Å²) in [5, 5.41) is 13.1. The summed E-state index contributed by atoms with van der Waals surface area (Å²) in [7, 11) is 0. The van der Waals surface area contributed by atoms with Crippen molar-refractivity contribution in [1.82, 2.24) is 31.1 Å². The average Bonchev–Trinajstić information content (AvgIpc) is 4.08. The van der Waals surface area contributed by atoms with E-state index in [4.69, 9.17) is 22.9 Å². The molecule has 0 aromatic carbocycles. The zero-order chi connectivity index (χ0) is 45.3. The lowest BCUT2D eigenvalue weighted by molar-refractivity contribution is 0.148. The van der Waals surface area contributed by atoms with Crippen LogP contribution in [0.5, 0.6) is 0 Å². The largest absolute Gasteiger partial charge is 0.370 e. The molecule has 0 unspecified atom stereocenters. The van der Waals surface area contributed by atoms with Crippen LogP contribution in [0, 0.1) is 23.7 Å². The first-order valence-electron chi connectivity index (χ1n) is 26.5. The molecule has 12 N–H and O–H groups in total. The lowest BCUT2D eigenvalue weighted by Gasteiger charge is -2.31. The molecular weight excluding hydrogens is 801 g/mol. The van der Waals surface area contributed by atoms with Gasteiger partial charge < -0.3 is 54.0 Å². The number of guanidine groups is 4. The summed E-state index contributed by atoms with van der Waals surface area (Å²) in [5.74, 6) is 5.37. The number of nitrogens with zero attached hydrogens (tertiary/aromatic N) is 6. The van der Waals surface area contributed by atoms with Crippen molar-refractivity contribution in [3.63, 3.8) is 0 Å². The Bertz CT molecular complexity index is 1250. The van der Waals surface area contributed by atoms with E-state index in [1.807, 2.05) is 0 Å². The van der Waals surface area contributed by atoms with E-state index in [9.17, 15) is 4.79 Å². The molecule has 15 heteroatoms. The Morgan fingerprint density at radius 2 is 0.547 bits per heavy atom. The van der Waals surface area contributed by atoms with Crippen LogP contribution in [0.2, 0.25) is 0 Å². The molecule has 4 fully saturated rings. The lowest BCUT2D eigenvalue weighted by atomic mass is 10.1. The number of carbonyl (C=O) groups is 1. The molecule has 4 rings (SSSR count). The molecular formula is C49H96N14O. The normalized spacial score (nSPS) is 17.1. The van der Waals surface area contributed by atoms with Crippen LogP contribution in [-0.2, 0) is 0 Å². The Hall–Kier alpha value is -3.65. The van der Waals surface area contributed by atoms with E-state index < -0.39 is 0 Å². The maximum atomic E-state index is 14.4. The van der Waals surface area contributed by atoms with Crippen molar-refractivity contribution in [2.24, 2.45) is 66.6 Å². The first-order valence-corrected chi connectivity index (χ1v) is 26.5. The van der Waals surface area contributed by atoms with Gasteiger partial charge in [-0.1, -0.05) is 77.0 Å². The quantitative estimate of drug-likeness (QED) is 0.0184.